The molecule has 1 unspecified atom stereocenters. The van der Waals surface area contributed by atoms with Gasteiger partial charge >= 0.3 is 0 Å². The van der Waals surface area contributed by atoms with E-state index >= 15 is 0 Å². The summed E-state index contributed by atoms with van der Waals surface area (Å²) in [6.45, 7) is 7.73. The molecule has 2 aromatic rings. The van der Waals surface area contributed by atoms with Gasteiger partial charge in [-0.1, -0.05) is 54.6 Å². The molecule has 0 heterocycles. The van der Waals surface area contributed by atoms with Crippen LogP contribution in [0.15, 0.2) is 77.7 Å². The van der Waals surface area contributed by atoms with Crippen molar-refractivity contribution in [2.24, 2.45) is 5.16 Å². The lowest BCUT2D eigenvalue weighted by Gasteiger charge is -2.25. The summed E-state index contributed by atoms with van der Waals surface area (Å²) in [6.07, 6.45) is 2.93. The molecule has 0 radical (unpaired) electrons. The summed E-state index contributed by atoms with van der Waals surface area (Å²) in [5, 5.41) is 15.0. The molecule has 0 bridgehead atoms. The van der Waals surface area contributed by atoms with Crippen LogP contribution in [0, 0.1) is 6.92 Å². The van der Waals surface area contributed by atoms with Gasteiger partial charge in [0.2, 0.25) is 0 Å². The molecule has 5 nitrogen and oxygen atoms in total. The second-order valence-corrected chi connectivity index (χ2v) is 7.24. The van der Waals surface area contributed by atoms with E-state index in [1.54, 1.807) is 6.08 Å². The van der Waals surface area contributed by atoms with Gasteiger partial charge in [-0.15, -0.1) is 0 Å². The van der Waals surface area contributed by atoms with Gasteiger partial charge in [0, 0.05) is 12.3 Å². The maximum absolute atomic E-state index is 12.6. The van der Waals surface area contributed by atoms with Crippen molar-refractivity contribution in [1.82, 2.24) is 0 Å². The number of oxime groups is 1. The molecule has 1 aliphatic rings. The van der Waals surface area contributed by atoms with Crippen molar-refractivity contribution in [1.29, 1.82) is 0 Å². The first kappa shape index (κ1) is 21.4. The Labute approximate surface area is 177 Å². The van der Waals surface area contributed by atoms with E-state index in [1.165, 1.54) is 0 Å². The number of carbonyl (C=O) groups is 1. The highest BCUT2D eigenvalue weighted by Crippen LogP contribution is 2.37. The number of aryl methyl sites for hydroxylation is 1. The van der Waals surface area contributed by atoms with Crippen molar-refractivity contribution in [3.8, 4) is 11.5 Å². The van der Waals surface area contributed by atoms with Gasteiger partial charge in [0.25, 0.3) is 0 Å². The van der Waals surface area contributed by atoms with Gasteiger partial charge in [0.05, 0.1) is 11.3 Å². The molecule has 5 heteroatoms. The zero-order chi connectivity index (χ0) is 21.5. The minimum atomic E-state index is -0.296. The molecule has 156 valence electrons. The molecule has 1 aliphatic carbocycles. The number of allylic oxidation sites excluding steroid dienone is 2. The zero-order valence-corrected chi connectivity index (χ0v) is 17.4. The Bertz CT molecular complexity index is 973. The van der Waals surface area contributed by atoms with Gasteiger partial charge in [-0.25, -0.2) is 0 Å². The lowest BCUT2D eigenvalue weighted by Crippen LogP contribution is -2.24. The normalized spacial score (nSPS) is 17.1. The standard InChI is InChI=1S/C25H27NO4/c1-4-15-29-26-22(5-2)24-23(27)14-13-21(25(24)28)18-7-6-8-20(16-18)30-19-11-9-17(3)10-12-19/h4,6-12,16,21,28H,1,5,13-15H2,2-3H3. The summed E-state index contributed by atoms with van der Waals surface area (Å²) < 4.78 is 5.96. The van der Waals surface area contributed by atoms with Crippen LogP contribution in [0.3, 0.4) is 0 Å². The molecule has 2 aromatic carbocycles. The number of aliphatic hydroxyl groups is 1. The van der Waals surface area contributed by atoms with E-state index in [2.05, 4.69) is 11.7 Å². The third-order valence-electron chi connectivity index (χ3n) is 5.03. The van der Waals surface area contributed by atoms with Crippen molar-refractivity contribution >= 4 is 11.5 Å². The average molecular weight is 405 g/mol. The fourth-order valence-electron chi connectivity index (χ4n) is 3.48. The van der Waals surface area contributed by atoms with Crippen LogP contribution in [0.2, 0.25) is 0 Å². The number of hydrogen-bond donors (Lipinski definition) is 1. The average Bonchev–Trinajstić information content (AvgIpc) is 2.74. The van der Waals surface area contributed by atoms with Gasteiger partial charge in [0.15, 0.2) is 5.78 Å². The van der Waals surface area contributed by atoms with Gasteiger partial charge in [-0.3, -0.25) is 4.79 Å². The number of benzene rings is 2. The molecule has 30 heavy (non-hydrogen) atoms. The number of ketones is 1. The monoisotopic (exact) mass is 405 g/mol. The lowest BCUT2D eigenvalue weighted by atomic mass is 9.81. The molecule has 0 saturated heterocycles. The van der Waals surface area contributed by atoms with E-state index < -0.39 is 0 Å². The fraction of sp³-hybridized carbons (Fsp3) is 0.280. The van der Waals surface area contributed by atoms with Gasteiger partial charge in [-0.2, -0.15) is 0 Å². The largest absolute Gasteiger partial charge is 0.511 e. The molecule has 3 rings (SSSR count). The number of aliphatic hydroxyl groups excluding tert-OH is 1. The molecule has 0 fully saturated rings. The summed E-state index contributed by atoms with van der Waals surface area (Å²) in [7, 11) is 0. The summed E-state index contributed by atoms with van der Waals surface area (Å²) >= 11 is 0. The molecule has 1 N–H and O–H groups in total. The first-order valence-electron chi connectivity index (χ1n) is 10.1. The predicted octanol–water partition coefficient (Wildman–Crippen LogP) is 6.01. The van der Waals surface area contributed by atoms with Crippen LogP contribution >= 0.6 is 0 Å². The molecule has 0 spiro atoms. The van der Waals surface area contributed by atoms with Gasteiger partial charge in [0.1, 0.15) is 23.9 Å². The third kappa shape index (κ3) is 4.98. The highest BCUT2D eigenvalue weighted by molar-refractivity contribution is 6.23. The lowest BCUT2D eigenvalue weighted by molar-refractivity contribution is -0.116. The smallest absolute Gasteiger partial charge is 0.168 e. The molecule has 0 amide bonds. The highest BCUT2D eigenvalue weighted by atomic mass is 16.6. The van der Waals surface area contributed by atoms with Crippen LogP contribution in [-0.2, 0) is 9.63 Å². The minimum absolute atomic E-state index is 0.0431. The van der Waals surface area contributed by atoms with Crippen molar-refractivity contribution < 1.29 is 19.5 Å². The van der Waals surface area contributed by atoms with E-state index in [0.29, 0.717) is 30.7 Å². The highest BCUT2D eigenvalue weighted by Gasteiger charge is 2.32. The van der Waals surface area contributed by atoms with Crippen molar-refractivity contribution in [2.45, 2.75) is 39.0 Å². The molecular weight excluding hydrogens is 378 g/mol. The Morgan fingerprint density at radius 3 is 2.70 bits per heavy atom. The van der Waals surface area contributed by atoms with E-state index in [-0.39, 0.29) is 29.6 Å². The van der Waals surface area contributed by atoms with Crippen LogP contribution in [0.4, 0.5) is 0 Å². The van der Waals surface area contributed by atoms with Crippen LogP contribution in [-0.4, -0.2) is 23.2 Å². The van der Waals surface area contributed by atoms with Crippen LogP contribution in [0.5, 0.6) is 11.5 Å². The van der Waals surface area contributed by atoms with E-state index in [4.69, 9.17) is 9.57 Å². The maximum atomic E-state index is 12.6. The van der Waals surface area contributed by atoms with Crippen molar-refractivity contribution in [3.05, 3.63) is 83.6 Å². The molecule has 1 atom stereocenters. The van der Waals surface area contributed by atoms with Crippen LogP contribution < -0.4 is 4.74 Å². The Morgan fingerprint density at radius 1 is 1.23 bits per heavy atom. The van der Waals surface area contributed by atoms with Crippen LogP contribution in [0.1, 0.15) is 43.2 Å². The zero-order valence-electron chi connectivity index (χ0n) is 17.4. The Morgan fingerprint density at radius 2 is 2.00 bits per heavy atom. The number of carbonyl (C=O) groups excluding carboxylic acids is 1. The van der Waals surface area contributed by atoms with Crippen molar-refractivity contribution in [2.75, 3.05) is 6.61 Å². The molecular formula is C25H27NO4. The van der Waals surface area contributed by atoms with Gasteiger partial charge < -0.3 is 14.7 Å². The Balaban J connectivity index is 1.89. The second kappa shape index (κ2) is 9.92. The third-order valence-corrected chi connectivity index (χ3v) is 5.03. The maximum Gasteiger partial charge on any atom is 0.168 e. The first-order valence-corrected chi connectivity index (χ1v) is 10.1. The first-order chi connectivity index (χ1) is 14.5. The number of rotatable bonds is 8. The van der Waals surface area contributed by atoms with E-state index in [0.717, 1.165) is 16.9 Å². The topological polar surface area (TPSA) is 68.1 Å². The number of hydrogen-bond acceptors (Lipinski definition) is 5. The molecule has 0 saturated carbocycles. The quantitative estimate of drug-likeness (QED) is 0.253. The van der Waals surface area contributed by atoms with Gasteiger partial charge in [-0.05, 0) is 49.6 Å². The number of ether oxygens (including phenoxy) is 1. The van der Waals surface area contributed by atoms with E-state index in [1.807, 2.05) is 62.4 Å². The summed E-state index contributed by atoms with van der Waals surface area (Å²) in [5.74, 6) is 1.06. The summed E-state index contributed by atoms with van der Waals surface area (Å²) in [4.78, 5) is 17.7. The van der Waals surface area contributed by atoms with Crippen LogP contribution in [0.25, 0.3) is 0 Å². The Kier molecular flexibility index (Phi) is 7.07. The second-order valence-electron chi connectivity index (χ2n) is 7.24. The minimum Gasteiger partial charge on any atom is -0.511 e. The predicted molar refractivity (Wildman–Crippen MR) is 118 cm³/mol. The summed E-state index contributed by atoms with van der Waals surface area (Å²) in [6, 6.07) is 15.4. The number of Topliss-reactive ketones (excluding diaryl/α,β-unsaturated/α-hetero) is 1. The SMILES string of the molecule is C=CCON=C(CC)C1=C(O)C(c2cccc(Oc3ccc(C)cc3)c2)CCC1=O. The fourth-order valence-corrected chi connectivity index (χ4v) is 3.48. The Hall–Kier alpha value is -3.34. The van der Waals surface area contributed by atoms with E-state index in [9.17, 15) is 9.90 Å². The summed E-state index contributed by atoms with van der Waals surface area (Å²) in [5.41, 5.74) is 2.78. The molecule has 0 aliphatic heterocycles. The molecule has 0 aromatic heterocycles. The number of nitrogens with zero attached hydrogens (tertiary/aromatic N) is 1. The van der Waals surface area contributed by atoms with Crippen molar-refractivity contribution in [3.63, 3.8) is 0 Å².